The van der Waals surface area contributed by atoms with Crippen molar-refractivity contribution in [3.05, 3.63) is 35.5 Å². The molecule has 1 saturated heterocycles. The van der Waals surface area contributed by atoms with Crippen LogP contribution in [0.15, 0.2) is 24.4 Å². The van der Waals surface area contributed by atoms with Crippen LogP contribution in [0.3, 0.4) is 0 Å². The van der Waals surface area contributed by atoms with Crippen molar-refractivity contribution in [1.29, 1.82) is 0 Å². The Labute approximate surface area is 153 Å². The summed E-state index contributed by atoms with van der Waals surface area (Å²) in [4.78, 5) is 20.1. The van der Waals surface area contributed by atoms with Gasteiger partial charge in [0.15, 0.2) is 5.82 Å². The van der Waals surface area contributed by atoms with Gasteiger partial charge in [-0.25, -0.2) is 4.79 Å². The molecule has 8 nitrogen and oxygen atoms in total. The molecule has 0 bridgehead atoms. The summed E-state index contributed by atoms with van der Waals surface area (Å²) in [6.45, 7) is 8.77. The molecule has 1 aromatic carbocycles. The Morgan fingerprint density at radius 1 is 1.23 bits per heavy atom. The summed E-state index contributed by atoms with van der Waals surface area (Å²) >= 11 is 0. The van der Waals surface area contributed by atoms with Crippen molar-refractivity contribution in [2.75, 3.05) is 43.0 Å². The van der Waals surface area contributed by atoms with Crippen molar-refractivity contribution in [3.63, 3.8) is 0 Å². The fraction of sp³-hybridized carbons (Fsp3) is 0.444. The summed E-state index contributed by atoms with van der Waals surface area (Å²) in [7, 11) is 0. The van der Waals surface area contributed by atoms with Crippen molar-refractivity contribution in [3.8, 4) is 0 Å². The topological polar surface area (TPSA) is 83.5 Å². The number of benzene rings is 1. The molecule has 1 amide bonds. The molecule has 0 radical (unpaired) electrons. The molecule has 1 aromatic heterocycles. The first-order valence-electron chi connectivity index (χ1n) is 8.77. The summed E-state index contributed by atoms with van der Waals surface area (Å²) in [5.74, 6) is 1.21. The van der Waals surface area contributed by atoms with Crippen LogP contribution >= 0.6 is 0 Å². The lowest BCUT2D eigenvalue weighted by Gasteiger charge is -2.33. The number of hydrogen-bond donors (Lipinski definition) is 1. The van der Waals surface area contributed by atoms with Gasteiger partial charge in [-0.1, -0.05) is 17.7 Å². The van der Waals surface area contributed by atoms with Gasteiger partial charge >= 0.3 is 6.09 Å². The van der Waals surface area contributed by atoms with Crippen LogP contribution in [0.25, 0.3) is 0 Å². The standard InChI is InChI=1S/C18H24N6O2/c1-4-26-18(25)24-9-7-23(8-10-24)17-21-16(12-19-22-17)20-15-6-5-13(2)11-14(15)3/h5-6,11-12H,4,7-10H2,1-3H3,(H,20,21,22). The van der Waals surface area contributed by atoms with E-state index in [2.05, 4.69) is 46.5 Å². The molecule has 1 N–H and O–H groups in total. The highest BCUT2D eigenvalue weighted by Gasteiger charge is 2.23. The molecule has 1 aliphatic rings. The second kappa shape index (κ2) is 7.99. The lowest BCUT2D eigenvalue weighted by molar-refractivity contribution is 0.105. The van der Waals surface area contributed by atoms with E-state index in [0.717, 1.165) is 11.3 Å². The van der Waals surface area contributed by atoms with Gasteiger partial charge in [0.25, 0.3) is 0 Å². The first-order valence-corrected chi connectivity index (χ1v) is 8.77. The summed E-state index contributed by atoms with van der Waals surface area (Å²) in [6.07, 6.45) is 1.34. The van der Waals surface area contributed by atoms with Crippen molar-refractivity contribution >= 4 is 23.5 Å². The fourth-order valence-electron chi connectivity index (χ4n) is 2.88. The van der Waals surface area contributed by atoms with Crippen molar-refractivity contribution in [2.45, 2.75) is 20.8 Å². The van der Waals surface area contributed by atoms with E-state index in [9.17, 15) is 4.79 Å². The number of nitrogens with one attached hydrogen (secondary N) is 1. The maximum Gasteiger partial charge on any atom is 0.409 e. The molecule has 0 spiro atoms. The number of amides is 1. The van der Waals surface area contributed by atoms with Gasteiger partial charge in [0.2, 0.25) is 5.95 Å². The quantitative estimate of drug-likeness (QED) is 0.901. The second-order valence-corrected chi connectivity index (χ2v) is 6.26. The number of aryl methyl sites for hydroxylation is 2. The zero-order valence-corrected chi connectivity index (χ0v) is 15.4. The van der Waals surface area contributed by atoms with Crippen LogP contribution in [0.5, 0.6) is 0 Å². The van der Waals surface area contributed by atoms with Gasteiger partial charge in [-0.15, -0.1) is 5.10 Å². The molecule has 2 heterocycles. The highest BCUT2D eigenvalue weighted by atomic mass is 16.6. The molecule has 8 heteroatoms. The molecule has 2 aromatic rings. The minimum atomic E-state index is -0.267. The van der Waals surface area contributed by atoms with Gasteiger partial charge in [-0.05, 0) is 32.4 Å². The van der Waals surface area contributed by atoms with Gasteiger partial charge in [-0.3, -0.25) is 0 Å². The summed E-state index contributed by atoms with van der Waals surface area (Å²) in [6, 6.07) is 6.20. The first kappa shape index (κ1) is 17.9. The average Bonchev–Trinajstić information content (AvgIpc) is 2.65. The average molecular weight is 356 g/mol. The van der Waals surface area contributed by atoms with E-state index in [0.29, 0.717) is 44.6 Å². The second-order valence-electron chi connectivity index (χ2n) is 6.26. The Kier molecular flexibility index (Phi) is 5.50. The lowest BCUT2D eigenvalue weighted by Crippen LogP contribution is -2.49. The summed E-state index contributed by atoms with van der Waals surface area (Å²) in [5.41, 5.74) is 3.36. The van der Waals surface area contributed by atoms with E-state index in [-0.39, 0.29) is 6.09 Å². The van der Waals surface area contributed by atoms with Gasteiger partial charge in [0.05, 0.1) is 12.8 Å². The Morgan fingerprint density at radius 2 is 2.00 bits per heavy atom. The predicted molar refractivity (Wildman–Crippen MR) is 99.8 cm³/mol. The number of aromatic nitrogens is 3. The molecule has 0 aliphatic carbocycles. The molecule has 0 atom stereocenters. The molecule has 1 fully saturated rings. The third kappa shape index (κ3) is 4.19. The highest BCUT2D eigenvalue weighted by molar-refractivity contribution is 5.68. The Morgan fingerprint density at radius 3 is 2.69 bits per heavy atom. The van der Waals surface area contributed by atoms with Crippen LogP contribution in [0.4, 0.5) is 22.2 Å². The normalized spacial score (nSPS) is 14.3. The number of rotatable bonds is 4. The van der Waals surface area contributed by atoms with Crippen LogP contribution in [-0.4, -0.2) is 59.0 Å². The largest absolute Gasteiger partial charge is 0.450 e. The van der Waals surface area contributed by atoms with Crippen molar-refractivity contribution in [2.24, 2.45) is 0 Å². The first-order chi connectivity index (χ1) is 12.6. The van der Waals surface area contributed by atoms with E-state index in [1.165, 1.54) is 5.56 Å². The molecule has 0 unspecified atom stereocenters. The van der Waals surface area contributed by atoms with Crippen molar-refractivity contribution < 1.29 is 9.53 Å². The smallest absolute Gasteiger partial charge is 0.409 e. The van der Waals surface area contributed by atoms with Gasteiger partial charge in [0.1, 0.15) is 0 Å². The monoisotopic (exact) mass is 356 g/mol. The number of ether oxygens (including phenoxy) is 1. The molecular formula is C18H24N6O2. The lowest BCUT2D eigenvalue weighted by atomic mass is 10.1. The number of nitrogens with zero attached hydrogens (tertiary/aromatic N) is 5. The van der Waals surface area contributed by atoms with Crippen molar-refractivity contribution in [1.82, 2.24) is 20.1 Å². The van der Waals surface area contributed by atoms with Crippen LogP contribution in [0, 0.1) is 13.8 Å². The van der Waals surface area contributed by atoms with Gasteiger partial charge in [0, 0.05) is 31.9 Å². The number of piperazine rings is 1. The minimum Gasteiger partial charge on any atom is -0.450 e. The van der Waals surface area contributed by atoms with E-state index < -0.39 is 0 Å². The predicted octanol–water partition coefficient (Wildman–Crippen LogP) is 2.51. The summed E-state index contributed by atoms with van der Waals surface area (Å²) in [5, 5.41) is 11.5. The maximum atomic E-state index is 11.8. The highest BCUT2D eigenvalue weighted by Crippen LogP contribution is 2.21. The zero-order valence-electron chi connectivity index (χ0n) is 15.4. The molecule has 1 aliphatic heterocycles. The molecule has 3 rings (SSSR count). The number of anilines is 3. The SMILES string of the molecule is CCOC(=O)N1CCN(c2nncc(Nc3ccc(C)cc3C)n2)CC1. The Bertz CT molecular complexity index is 774. The van der Waals surface area contributed by atoms with E-state index in [1.54, 1.807) is 11.1 Å². The van der Waals surface area contributed by atoms with Crippen LogP contribution in [0.1, 0.15) is 18.1 Å². The fourth-order valence-corrected chi connectivity index (χ4v) is 2.88. The van der Waals surface area contributed by atoms with E-state index >= 15 is 0 Å². The van der Waals surface area contributed by atoms with E-state index in [4.69, 9.17) is 4.74 Å². The summed E-state index contributed by atoms with van der Waals surface area (Å²) < 4.78 is 5.04. The third-order valence-electron chi connectivity index (χ3n) is 4.28. The third-order valence-corrected chi connectivity index (χ3v) is 4.28. The zero-order chi connectivity index (χ0) is 18.5. The Balaban J connectivity index is 1.65. The molecule has 138 valence electrons. The Hall–Kier alpha value is -2.90. The van der Waals surface area contributed by atoms with Crippen LogP contribution in [-0.2, 0) is 4.74 Å². The molecular weight excluding hydrogens is 332 g/mol. The van der Waals surface area contributed by atoms with Gasteiger partial charge < -0.3 is 19.9 Å². The van der Waals surface area contributed by atoms with Gasteiger partial charge in [-0.2, -0.15) is 10.1 Å². The number of carbonyl (C=O) groups is 1. The number of hydrogen-bond acceptors (Lipinski definition) is 7. The maximum absolute atomic E-state index is 11.8. The van der Waals surface area contributed by atoms with Crippen LogP contribution in [0.2, 0.25) is 0 Å². The van der Waals surface area contributed by atoms with Crippen LogP contribution < -0.4 is 10.2 Å². The molecule has 0 saturated carbocycles. The minimum absolute atomic E-state index is 0.267. The molecule has 26 heavy (non-hydrogen) atoms. The van der Waals surface area contributed by atoms with E-state index in [1.807, 2.05) is 17.9 Å². The number of carbonyl (C=O) groups excluding carboxylic acids is 1.